The topological polar surface area (TPSA) is 42.2 Å². The molecule has 0 unspecified atom stereocenters. The number of hydrogen-bond donors (Lipinski definition) is 1. The number of anilines is 1. The molecule has 0 saturated heterocycles. The third-order valence-corrected chi connectivity index (χ3v) is 3.95. The second-order valence-corrected chi connectivity index (χ2v) is 5.47. The zero-order valence-corrected chi connectivity index (χ0v) is 12.2. The first-order valence-corrected chi connectivity index (χ1v) is 7.08. The van der Waals surface area contributed by atoms with Crippen LogP contribution in [0.3, 0.4) is 0 Å². The lowest BCUT2D eigenvalue weighted by Crippen LogP contribution is -1.98. The summed E-state index contributed by atoms with van der Waals surface area (Å²) >= 11 is 1.37. The number of thiazole rings is 1. The summed E-state index contributed by atoms with van der Waals surface area (Å²) in [6, 6.07) is 2.91. The summed E-state index contributed by atoms with van der Waals surface area (Å²) < 4.78 is 29.9. The molecule has 3 aromatic rings. The average Bonchev–Trinajstić information content (AvgIpc) is 3.01. The number of rotatable bonds is 3. The van der Waals surface area contributed by atoms with Crippen molar-refractivity contribution in [3.05, 3.63) is 46.6 Å². The van der Waals surface area contributed by atoms with E-state index in [2.05, 4.69) is 15.5 Å². The van der Waals surface area contributed by atoms with Crippen molar-refractivity contribution in [2.45, 2.75) is 6.92 Å². The zero-order chi connectivity index (χ0) is 15.0. The maximum atomic E-state index is 14.3. The van der Waals surface area contributed by atoms with Crippen LogP contribution in [0.1, 0.15) is 11.3 Å². The van der Waals surface area contributed by atoms with Gasteiger partial charge >= 0.3 is 0 Å². The quantitative estimate of drug-likeness (QED) is 0.592. The molecule has 7 heteroatoms. The van der Waals surface area contributed by atoms with Gasteiger partial charge in [-0.05, 0) is 19.1 Å². The van der Waals surface area contributed by atoms with Gasteiger partial charge in [0.1, 0.15) is 11.6 Å². The molecular formula is C14H12F2N4S. The molecule has 2 heterocycles. The van der Waals surface area contributed by atoms with Crippen LogP contribution in [-0.2, 0) is 7.05 Å². The lowest BCUT2D eigenvalue weighted by molar-refractivity contribution is 0.588. The van der Waals surface area contributed by atoms with Gasteiger partial charge in [0.25, 0.3) is 0 Å². The fourth-order valence-electron chi connectivity index (χ4n) is 2.03. The van der Waals surface area contributed by atoms with E-state index in [1.54, 1.807) is 23.9 Å². The largest absolute Gasteiger partial charge is 0.350 e. The van der Waals surface area contributed by atoms with Crippen molar-refractivity contribution in [3.8, 4) is 0 Å². The molecule has 21 heavy (non-hydrogen) atoms. The highest BCUT2D eigenvalue weighted by Crippen LogP contribution is 2.23. The number of benzene rings is 1. The van der Waals surface area contributed by atoms with Gasteiger partial charge in [0.05, 0.1) is 23.0 Å². The molecular weight excluding hydrogens is 294 g/mol. The molecule has 2 aromatic heterocycles. The van der Waals surface area contributed by atoms with Crippen molar-refractivity contribution < 1.29 is 8.78 Å². The molecule has 0 amide bonds. The number of nitrogens with zero attached hydrogens (tertiary/aromatic N) is 3. The standard InChI is InChI=1S/C14H12F2N4S/c1-8-7-21-14(18-8)19-17-6-10-11(15)5-12-9(13(10)16)3-4-20(12)2/h3-7H,1-2H3,(H,18,19). The first-order chi connectivity index (χ1) is 10.1. The summed E-state index contributed by atoms with van der Waals surface area (Å²) in [4.78, 5) is 4.14. The maximum Gasteiger partial charge on any atom is 0.203 e. The van der Waals surface area contributed by atoms with Gasteiger partial charge in [-0.25, -0.2) is 13.8 Å². The number of fused-ring (bicyclic) bond motifs is 1. The van der Waals surface area contributed by atoms with Crippen LogP contribution in [0, 0.1) is 18.6 Å². The Morgan fingerprint density at radius 2 is 2.24 bits per heavy atom. The van der Waals surface area contributed by atoms with Crippen LogP contribution in [0.25, 0.3) is 10.9 Å². The third-order valence-electron chi connectivity index (χ3n) is 3.09. The second-order valence-electron chi connectivity index (χ2n) is 4.61. The predicted octanol–water partition coefficient (Wildman–Crippen LogP) is 3.67. The monoisotopic (exact) mass is 306 g/mol. The van der Waals surface area contributed by atoms with Gasteiger partial charge in [-0.15, -0.1) is 11.3 Å². The Labute approximate surface area is 123 Å². The number of halogens is 2. The first-order valence-electron chi connectivity index (χ1n) is 6.20. The Morgan fingerprint density at radius 3 is 2.95 bits per heavy atom. The maximum absolute atomic E-state index is 14.3. The molecule has 0 bridgehead atoms. The molecule has 0 spiro atoms. The SMILES string of the molecule is Cc1csc(NN=Cc2c(F)cc3c(ccn3C)c2F)n1. The molecule has 3 rings (SSSR count). The van der Waals surface area contributed by atoms with E-state index < -0.39 is 11.6 Å². The molecule has 0 radical (unpaired) electrons. The van der Waals surface area contributed by atoms with Crippen LogP contribution in [0.5, 0.6) is 0 Å². The average molecular weight is 306 g/mol. The number of aromatic nitrogens is 2. The molecule has 0 aliphatic heterocycles. The van der Waals surface area contributed by atoms with Crippen LogP contribution in [0.2, 0.25) is 0 Å². The van der Waals surface area contributed by atoms with E-state index in [1.807, 2.05) is 12.3 Å². The summed E-state index contributed by atoms with van der Waals surface area (Å²) in [5.74, 6) is -1.27. The van der Waals surface area contributed by atoms with Crippen LogP contribution in [-0.4, -0.2) is 15.8 Å². The van der Waals surface area contributed by atoms with Gasteiger partial charge in [-0.3, -0.25) is 5.43 Å². The van der Waals surface area contributed by atoms with Gasteiger partial charge in [-0.1, -0.05) is 0 Å². The lowest BCUT2D eigenvalue weighted by Gasteiger charge is -2.03. The van der Waals surface area contributed by atoms with E-state index in [4.69, 9.17) is 0 Å². The van der Waals surface area contributed by atoms with Gasteiger partial charge in [-0.2, -0.15) is 5.10 Å². The van der Waals surface area contributed by atoms with Crippen LogP contribution in [0.4, 0.5) is 13.9 Å². The minimum Gasteiger partial charge on any atom is -0.350 e. The molecule has 0 fully saturated rings. The van der Waals surface area contributed by atoms with E-state index >= 15 is 0 Å². The smallest absolute Gasteiger partial charge is 0.203 e. The highest BCUT2D eigenvalue weighted by molar-refractivity contribution is 7.13. The zero-order valence-electron chi connectivity index (χ0n) is 11.4. The normalized spacial score (nSPS) is 11.6. The van der Waals surface area contributed by atoms with E-state index in [0.717, 1.165) is 11.9 Å². The molecule has 1 aromatic carbocycles. The summed E-state index contributed by atoms with van der Waals surface area (Å²) in [5, 5.41) is 6.64. The van der Waals surface area contributed by atoms with Crippen LogP contribution in [0.15, 0.2) is 28.8 Å². The van der Waals surface area contributed by atoms with Gasteiger partial charge in [0, 0.05) is 24.0 Å². The van der Waals surface area contributed by atoms with Crippen molar-refractivity contribution in [1.29, 1.82) is 0 Å². The molecule has 0 saturated carbocycles. The van der Waals surface area contributed by atoms with E-state index in [0.29, 0.717) is 16.0 Å². The summed E-state index contributed by atoms with van der Waals surface area (Å²) in [6.07, 6.45) is 2.82. The fourth-order valence-corrected chi connectivity index (χ4v) is 2.67. The fraction of sp³-hybridized carbons (Fsp3) is 0.143. The highest BCUT2D eigenvalue weighted by Gasteiger charge is 2.14. The van der Waals surface area contributed by atoms with Gasteiger partial charge < -0.3 is 4.57 Å². The lowest BCUT2D eigenvalue weighted by atomic mass is 10.1. The Morgan fingerprint density at radius 1 is 1.43 bits per heavy atom. The van der Waals surface area contributed by atoms with E-state index in [9.17, 15) is 8.78 Å². The van der Waals surface area contributed by atoms with Crippen LogP contribution < -0.4 is 5.43 Å². The van der Waals surface area contributed by atoms with Crippen molar-refractivity contribution in [1.82, 2.24) is 9.55 Å². The number of hydrazone groups is 1. The Hall–Kier alpha value is -2.28. The number of hydrogen-bond acceptors (Lipinski definition) is 4. The molecule has 108 valence electrons. The Balaban J connectivity index is 1.93. The first kappa shape index (κ1) is 13.7. The molecule has 4 nitrogen and oxygen atoms in total. The highest BCUT2D eigenvalue weighted by atomic mass is 32.1. The Bertz CT molecular complexity index is 835. The number of aryl methyl sites for hydroxylation is 2. The second kappa shape index (κ2) is 5.25. The minimum absolute atomic E-state index is 0.172. The summed E-state index contributed by atoms with van der Waals surface area (Å²) in [7, 11) is 1.74. The van der Waals surface area contributed by atoms with Gasteiger partial charge in [0.15, 0.2) is 0 Å². The van der Waals surface area contributed by atoms with E-state index in [1.165, 1.54) is 17.4 Å². The van der Waals surface area contributed by atoms with E-state index in [-0.39, 0.29) is 5.56 Å². The molecule has 0 aliphatic carbocycles. The molecule has 0 aliphatic rings. The summed E-state index contributed by atoms with van der Waals surface area (Å²) in [6.45, 7) is 1.86. The number of nitrogens with one attached hydrogen (secondary N) is 1. The van der Waals surface area contributed by atoms with Crippen molar-refractivity contribution in [2.75, 3.05) is 5.43 Å². The molecule has 1 N–H and O–H groups in total. The Kier molecular flexibility index (Phi) is 3.42. The van der Waals surface area contributed by atoms with Gasteiger partial charge in [0.2, 0.25) is 5.13 Å². The van der Waals surface area contributed by atoms with Crippen LogP contribution >= 0.6 is 11.3 Å². The van der Waals surface area contributed by atoms with Crippen molar-refractivity contribution >= 4 is 33.6 Å². The van der Waals surface area contributed by atoms with Crippen molar-refractivity contribution in [3.63, 3.8) is 0 Å². The summed E-state index contributed by atoms with van der Waals surface area (Å²) in [5.41, 5.74) is 3.86. The minimum atomic E-state index is -0.650. The third kappa shape index (κ3) is 2.52. The molecule has 0 atom stereocenters. The predicted molar refractivity (Wildman–Crippen MR) is 80.9 cm³/mol. The van der Waals surface area contributed by atoms with Crippen molar-refractivity contribution in [2.24, 2.45) is 12.1 Å².